The van der Waals surface area contributed by atoms with Gasteiger partial charge < -0.3 is 10.1 Å². The number of hydrogen-bond acceptors (Lipinski definition) is 2. The summed E-state index contributed by atoms with van der Waals surface area (Å²) in [5.74, 6) is 1.03. The average molecular weight is 325 g/mol. The number of amides is 1. The van der Waals surface area contributed by atoms with Crippen LogP contribution < -0.4 is 10.1 Å². The van der Waals surface area contributed by atoms with Crippen LogP contribution in [0.4, 0.5) is 0 Å². The molecule has 128 valence electrons. The molecule has 0 unspecified atom stereocenters. The number of nitrogens with one attached hydrogen (secondary N) is 1. The van der Waals surface area contributed by atoms with Crippen molar-refractivity contribution in [1.82, 2.24) is 5.32 Å². The average Bonchev–Trinajstić information content (AvgIpc) is 2.55. The molecule has 2 aromatic rings. The fraction of sp³-hybridized carbons (Fsp3) is 0.381. The highest BCUT2D eigenvalue weighted by Gasteiger charge is 2.12. The molecule has 0 aliphatic rings. The van der Waals surface area contributed by atoms with E-state index in [1.807, 2.05) is 31.2 Å². The molecule has 1 amide bonds. The highest BCUT2D eigenvalue weighted by molar-refractivity contribution is 5.78. The monoisotopic (exact) mass is 325 g/mol. The summed E-state index contributed by atoms with van der Waals surface area (Å²) in [4.78, 5) is 12.2. The van der Waals surface area contributed by atoms with Crippen LogP contribution in [0.5, 0.6) is 5.75 Å². The maximum absolute atomic E-state index is 12.2. The van der Waals surface area contributed by atoms with Gasteiger partial charge in [0, 0.05) is 0 Å². The number of rotatable bonds is 6. The fourth-order valence-corrected chi connectivity index (χ4v) is 2.63. The topological polar surface area (TPSA) is 38.3 Å². The van der Waals surface area contributed by atoms with Crippen LogP contribution in [0.25, 0.3) is 0 Å². The summed E-state index contributed by atoms with van der Waals surface area (Å²) in [6, 6.07) is 14.1. The molecule has 1 atom stereocenters. The van der Waals surface area contributed by atoms with E-state index in [-0.39, 0.29) is 18.6 Å². The van der Waals surface area contributed by atoms with Crippen molar-refractivity contribution in [3.05, 3.63) is 64.7 Å². The smallest absolute Gasteiger partial charge is 0.258 e. The number of hydrogen-bond donors (Lipinski definition) is 1. The van der Waals surface area contributed by atoms with Crippen molar-refractivity contribution in [2.45, 2.75) is 46.6 Å². The number of carbonyl (C=O) groups is 1. The Kier molecular flexibility index (Phi) is 6.02. The molecule has 0 aliphatic heterocycles. The van der Waals surface area contributed by atoms with Crippen LogP contribution in [0.15, 0.2) is 42.5 Å². The first-order chi connectivity index (χ1) is 11.4. The third kappa shape index (κ3) is 4.60. The zero-order valence-electron chi connectivity index (χ0n) is 15.2. The van der Waals surface area contributed by atoms with Crippen LogP contribution in [0, 0.1) is 13.8 Å². The highest BCUT2D eigenvalue weighted by atomic mass is 16.5. The molecule has 0 fully saturated rings. The Morgan fingerprint density at radius 1 is 1.04 bits per heavy atom. The minimum atomic E-state index is -0.112. The maximum atomic E-state index is 12.2. The van der Waals surface area contributed by atoms with Gasteiger partial charge in [0.05, 0.1) is 6.04 Å². The van der Waals surface area contributed by atoms with Crippen molar-refractivity contribution in [3.8, 4) is 5.75 Å². The molecule has 2 rings (SSSR count). The van der Waals surface area contributed by atoms with Crippen LogP contribution in [-0.4, -0.2) is 12.5 Å². The third-order valence-corrected chi connectivity index (χ3v) is 4.31. The quantitative estimate of drug-likeness (QED) is 0.837. The van der Waals surface area contributed by atoms with E-state index in [1.54, 1.807) is 0 Å². The summed E-state index contributed by atoms with van der Waals surface area (Å²) in [6.45, 7) is 10.4. The van der Waals surface area contributed by atoms with Gasteiger partial charge in [-0.2, -0.15) is 0 Å². The summed E-state index contributed by atoms with van der Waals surface area (Å²) in [5.41, 5.74) is 4.71. The first-order valence-electron chi connectivity index (χ1n) is 8.46. The number of aryl methyl sites for hydroxylation is 2. The SMILES string of the molecule is Cc1ccc([C@@H](C)NC(=O)COc2ccccc2C(C)C)cc1C. The van der Waals surface area contributed by atoms with Crippen molar-refractivity contribution >= 4 is 5.91 Å². The predicted octanol–water partition coefficient (Wildman–Crippen LogP) is 4.68. The maximum Gasteiger partial charge on any atom is 0.258 e. The van der Waals surface area contributed by atoms with Gasteiger partial charge in [0.1, 0.15) is 5.75 Å². The molecule has 1 N–H and O–H groups in total. The van der Waals surface area contributed by atoms with Gasteiger partial charge in [0.2, 0.25) is 0 Å². The summed E-state index contributed by atoms with van der Waals surface area (Å²) >= 11 is 0. The number of carbonyl (C=O) groups excluding carboxylic acids is 1. The second-order valence-corrected chi connectivity index (χ2v) is 6.61. The largest absolute Gasteiger partial charge is 0.483 e. The van der Waals surface area contributed by atoms with Crippen molar-refractivity contribution < 1.29 is 9.53 Å². The molecule has 0 spiro atoms. The lowest BCUT2D eigenvalue weighted by molar-refractivity contribution is -0.123. The van der Waals surface area contributed by atoms with Gasteiger partial charge in [-0.15, -0.1) is 0 Å². The van der Waals surface area contributed by atoms with E-state index >= 15 is 0 Å². The van der Waals surface area contributed by atoms with Gasteiger partial charge >= 0.3 is 0 Å². The number of para-hydroxylation sites is 1. The lowest BCUT2D eigenvalue weighted by Crippen LogP contribution is -2.31. The van der Waals surface area contributed by atoms with Gasteiger partial charge in [-0.1, -0.05) is 50.2 Å². The standard InChI is InChI=1S/C21H27NO2/c1-14(2)19-8-6-7-9-20(19)24-13-21(23)22-17(5)18-11-10-15(3)16(4)12-18/h6-12,14,17H,13H2,1-5H3,(H,22,23)/t17-/m1/s1. The Balaban J connectivity index is 1.95. The van der Waals surface area contributed by atoms with E-state index in [1.165, 1.54) is 11.1 Å². The van der Waals surface area contributed by atoms with Crippen molar-refractivity contribution in [2.24, 2.45) is 0 Å². The second-order valence-electron chi connectivity index (χ2n) is 6.61. The highest BCUT2D eigenvalue weighted by Crippen LogP contribution is 2.25. The summed E-state index contributed by atoms with van der Waals surface area (Å²) < 4.78 is 5.73. The van der Waals surface area contributed by atoms with Crippen LogP contribution in [0.2, 0.25) is 0 Å². The van der Waals surface area contributed by atoms with E-state index in [2.05, 4.69) is 51.2 Å². The summed E-state index contributed by atoms with van der Waals surface area (Å²) in [5, 5.41) is 3.00. The molecule has 24 heavy (non-hydrogen) atoms. The molecule has 0 heterocycles. The Hall–Kier alpha value is -2.29. The molecule has 0 saturated heterocycles. The van der Waals surface area contributed by atoms with E-state index in [0.717, 1.165) is 16.9 Å². The lowest BCUT2D eigenvalue weighted by Gasteiger charge is -2.17. The van der Waals surface area contributed by atoms with Crippen molar-refractivity contribution in [3.63, 3.8) is 0 Å². The van der Waals surface area contributed by atoms with Gasteiger partial charge in [0.15, 0.2) is 6.61 Å². The molecule has 0 aliphatic carbocycles. The molecule has 0 bridgehead atoms. The molecular formula is C21H27NO2. The number of benzene rings is 2. The second kappa shape index (κ2) is 8.00. The Bertz CT molecular complexity index is 707. The fourth-order valence-electron chi connectivity index (χ4n) is 2.63. The number of ether oxygens (including phenoxy) is 1. The van der Waals surface area contributed by atoms with E-state index < -0.39 is 0 Å². The Morgan fingerprint density at radius 2 is 1.75 bits per heavy atom. The van der Waals surface area contributed by atoms with Crippen molar-refractivity contribution in [2.75, 3.05) is 6.61 Å². The molecular weight excluding hydrogens is 298 g/mol. The lowest BCUT2D eigenvalue weighted by atomic mass is 10.0. The minimum Gasteiger partial charge on any atom is -0.483 e. The molecule has 3 heteroatoms. The van der Waals surface area contributed by atoms with Crippen LogP contribution >= 0.6 is 0 Å². The normalized spacial score (nSPS) is 12.1. The van der Waals surface area contributed by atoms with Gasteiger partial charge in [-0.25, -0.2) is 0 Å². The van der Waals surface area contributed by atoms with E-state index in [4.69, 9.17) is 4.74 Å². The molecule has 0 radical (unpaired) electrons. The van der Waals surface area contributed by atoms with Crippen LogP contribution in [-0.2, 0) is 4.79 Å². The van der Waals surface area contributed by atoms with Gasteiger partial charge in [-0.3, -0.25) is 4.79 Å². The first-order valence-corrected chi connectivity index (χ1v) is 8.46. The summed E-state index contributed by atoms with van der Waals surface area (Å²) in [6.07, 6.45) is 0. The van der Waals surface area contributed by atoms with Gasteiger partial charge in [-0.05, 0) is 55.0 Å². The molecule has 0 aromatic heterocycles. The van der Waals surface area contributed by atoms with E-state index in [0.29, 0.717) is 5.92 Å². The first kappa shape index (κ1) is 18.1. The van der Waals surface area contributed by atoms with Gasteiger partial charge in [0.25, 0.3) is 5.91 Å². The Morgan fingerprint density at radius 3 is 2.42 bits per heavy atom. The van der Waals surface area contributed by atoms with Crippen LogP contribution in [0.1, 0.15) is 55.0 Å². The third-order valence-electron chi connectivity index (χ3n) is 4.31. The zero-order chi connectivity index (χ0) is 17.7. The van der Waals surface area contributed by atoms with Crippen LogP contribution in [0.3, 0.4) is 0 Å². The predicted molar refractivity (Wildman–Crippen MR) is 98.5 cm³/mol. The molecule has 2 aromatic carbocycles. The Labute approximate surface area is 145 Å². The van der Waals surface area contributed by atoms with Crippen molar-refractivity contribution in [1.29, 1.82) is 0 Å². The van der Waals surface area contributed by atoms with E-state index in [9.17, 15) is 4.79 Å². The zero-order valence-corrected chi connectivity index (χ0v) is 15.2. The summed E-state index contributed by atoms with van der Waals surface area (Å²) in [7, 11) is 0. The minimum absolute atomic E-state index is 0.0267. The molecule has 3 nitrogen and oxygen atoms in total. The molecule has 0 saturated carbocycles.